The molecule has 1 aliphatic rings. The Morgan fingerprint density at radius 1 is 1.00 bits per heavy atom. The van der Waals surface area contributed by atoms with Crippen LogP contribution in [0.2, 0.25) is 0 Å². The number of pyridine rings is 1. The van der Waals surface area contributed by atoms with Gasteiger partial charge in [-0.2, -0.15) is 0 Å². The fourth-order valence-electron chi connectivity index (χ4n) is 4.49. The molecule has 1 fully saturated rings. The van der Waals surface area contributed by atoms with Crippen LogP contribution in [0.3, 0.4) is 0 Å². The van der Waals surface area contributed by atoms with E-state index in [1.165, 1.54) is 0 Å². The predicted molar refractivity (Wildman–Crippen MR) is 141 cm³/mol. The first-order chi connectivity index (χ1) is 16.9. The molecule has 0 bridgehead atoms. The number of anilines is 3. The first kappa shape index (κ1) is 23.0. The number of aromatic nitrogens is 2. The summed E-state index contributed by atoms with van der Waals surface area (Å²) in [5.41, 5.74) is 4.93. The smallest absolute Gasteiger partial charge is 0.255 e. The number of amides is 2. The molecule has 1 atom stereocenters. The fraction of sp³-hybridized carbons (Fsp3) is 0.259. The van der Waals surface area contributed by atoms with Crippen LogP contribution in [-0.2, 0) is 4.79 Å². The maximum atomic E-state index is 13.1. The van der Waals surface area contributed by atoms with Crippen molar-refractivity contribution in [2.24, 2.45) is 5.92 Å². The molecule has 0 unspecified atom stereocenters. The number of rotatable bonds is 5. The Morgan fingerprint density at radius 3 is 2.63 bits per heavy atom. The van der Waals surface area contributed by atoms with E-state index in [0.29, 0.717) is 17.8 Å². The molecule has 2 amide bonds. The highest BCUT2D eigenvalue weighted by molar-refractivity contribution is 7.21. The third-order valence-electron chi connectivity index (χ3n) is 6.09. The van der Waals surface area contributed by atoms with Crippen LogP contribution in [0.1, 0.15) is 34.3 Å². The molecular weight excluding hydrogens is 458 g/mol. The molecule has 0 radical (unpaired) electrons. The molecule has 3 heterocycles. The van der Waals surface area contributed by atoms with Crippen LogP contribution in [0.15, 0.2) is 60.8 Å². The SMILES string of the molecule is Cc1cc(C)cc(NC(=O)c2cccc(NC(=O)[C@H]3CCCN(c4nc5cccnc5s4)C3)c2)c1. The van der Waals surface area contributed by atoms with Gasteiger partial charge in [0.05, 0.1) is 5.92 Å². The summed E-state index contributed by atoms with van der Waals surface area (Å²) in [7, 11) is 0. The van der Waals surface area contributed by atoms with Crippen LogP contribution in [0.5, 0.6) is 0 Å². The van der Waals surface area contributed by atoms with Crippen molar-refractivity contribution in [2.45, 2.75) is 26.7 Å². The van der Waals surface area contributed by atoms with E-state index in [9.17, 15) is 9.59 Å². The number of nitrogens with one attached hydrogen (secondary N) is 2. The summed E-state index contributed by atoms with van der Waals surface area (Å²) in [6.45, 7) is 5.48. The number of hydrogen-bond acceptors (Lipinski definition) is 6. The van der Waals surface area contributed by atoms with E-state index in [1.54, 1.807) is 35.7 Å². The minimum atomic E-state index is -0.209. The fourth-order valence-corrected chi connectivity index (χ4v) is 5.43. The van der Waals surface area contributed by atoms with Gasteiger partial charge in [-0.1, -0.05) is 23.5 Å². The highest BCUT2D eigenvalue weighted by Gasteiger charge is 2.27. The maximum Gasteiger partial charge on any atom is 0.255 e. The van der Waals surface area contributed by atoms with Crippen LogP contribution < -0.4 is 15.5 Å². The Bertz CT molecular complexity index is 1350. The summed E-state index contributed by atoms with van der Waals surface area (Å²) in [6.07, 6.45) is 3.51. The molecule has 2 aromatic heterocycles. The van der Waals surface area contributed by atoms with E-state index in [0.717, 1.165) is 51.7 Å². The molecular formula is C27H27N5O2S. The molecule has 2 N–H and O–H groups in total. The zero-order valence-corrected chi connectivity index (χ0v) is 20.6. The largest absolute Gasteiger partial charge is 0.347 e. The molecule has 5 rings (SSSR count). The molecule has 1 saturated heterocycles. The molecule has 0 spiro atoms. The van der Waals surface area contributed by atoms with Gasteiger partial charge in [0.15, 0.2) is 5.13 Å². The minimum Gasteiger partial charge on any atom is -0.347 e. The van der Waals surface area contributed by atoms with Gasteiger partial charge in [-0.05, 0) is 80.3 Å². The van der Waals surface area contributed by atoms with Crippen LogP contribution in [0.25, 0.3) is 10.3 Å². The Kier molecular flexibility index (Phi) is 6.46. The van der Waals surface area contributed by atoms with Crippen LogP contribution >= 0.6 is 11.3 Å². The van der Waals surface area contributed by atoms with Gasteiger partial charge in [0.1, 0.15) is 10.3 Å². The van der Waals surface area contributed by atoms with Crippen molar-refractivity contribution in [2.75, 3.05) is 28.6 Å². The van der Waals surface area contributed by atoms with E-state index in [2.05, 4.69) is 26.6 Å². The second-order valence-electron chi connectivity index (χ2n) is 9.01. The number of thiazole rings is 1. The van der Waals surface area contributed by atoms with Gasteiger partial charge >= 0.3 is 0 Å². The highest BCUT2D eigenvalue weighted by Crippen LogP contribution is 2.30. The summed E-state index contributed by atoms with van der Waals surface area (Å²) >= 11 is 1.56. The number of benzene rings is 2. The molecule has 1 aliphatic heterocycles. The number of nitrogens with zero attached hydrogens (tertiary/aromatic N) is 3. The quantitative estimate of drug-likeness (QED) is 0.394. The normalized spacial score (nSPS) is 15.7. The van der Waals surface area contributed by atoms with Gasteiger partial charge in [0, 0.05) is 36.2 Å². The number of hydrogen-bond donors (Lipinski definition) is 2. The zero-order valence-electron chi connectivity index (χ0n) is 19.7. The Morgan fingerprint density at radius 2 is 1.83 bits per heavy atom. The average molecular weight is 486 g/mol. The molecule has 0 aliphatic carbocycles. The molecule has 7 nitrogen and oxygen atoms in total. The standard InChI is InChI=1S/C27H27N5O2S/c1-17-12-18(2)14-22(13-17)30-24(33)19-6-3-8-21(15-19)29-25(34)20-7-5-11-32(16-20)27-31-23-9-4-10-28-26(23)35-27/h3-4,6,8-10,12-15,20H,5,7,11,16H2,1-2H3,(H,29,34)(H,30,33)/t20-/m0/s1. The first-order valence-corrected chi connectivity index (χ1v) is 12.5. The predicted octanol–water partition coefficient (Wildman–Crippen LogP) is 5.42. The highest BCUT2D eigenvalue weighted by atomic mass is 32.1. The van der Waals surface area contributed by atoms with Crippen LogP contribution in [-0.4, -0.2) is 34.9 Å². The van der Waals surface area contributed by atoms with Gasteiger partial charge in [-0.15, -0.1) is 0 Å². The van der Waals surface area contributed by atoms with Crippen molar-refractivity contribution >= 4 is 50.0 Å². The summed E-state index contributed by atoms with van der Waals surface area (Å²) in [4.78, 5) is 38.1. The number of aryl methyl sites for hydroxylation is 2. The lowest BCUT2D eigenvalue weighted by molar-refractivity contribution is -0.120. The Hall–Kier alpha value is -3.78. The van der Waals surface area contributed by atoms with E-state index in [1.807, 2.05) is 44.2 Å². The number of piperidine rings is 1. The van der Waals surface area contributed by atoms with Crippen molar-refractivity contribution in [1.82, 2.24) is 9.97 Å². The van der Waals surface area contributed by atoms with Gasteiger partial charge in [0.25, 0.3) is 5.91 Å². The number of fused-ring (bicyclic) bond motifs is 1. The van der Waals surface area contributed by atoms with E-state index in [4.69, 9.17) is 4.98 Å². The molecule has 35 heavy (non-hydrogen) atoms. The van der Waals surface area contributed by atoms with Crippen LogP contribution in [0, 0.1) is 19.8 Å². The van der Waals surface area contributed by atoms with Gasteiger partial charge in [-0.25, -0.2) is 9.97 Å². The van der Waals surface area contributed by atoms with Crippen molar-refractivity contribution in [3.05, 3.63) is 77.5 Å². The lowest BCUT2D eigenvalue weighted by Crippen LogP contribution is -2.40. The third kappa shape index (κ3) is 5.33. The van der Waals surface area contributed by atoms with Crippen molar-refractivity contribution < 1.29 is 9.59 Å². The Labute approximate surface area is 208 Å². The van der Waals surface area contributed by atoms with Crippen molar-refractivity contribution in [1.29, 1.82) is 0 Å². The number of carbonyl (C=O) groups excluding carboxylic acids is 2. The summed E-state index contributed by atoms with van der Waals surface area (Å²) in [5.74, 6) is -0.406. The van der Waals surface area contributed by atoms with Crippen molar-refractivity contribution in [3.63, 3.8) is 0 Å². The molecule has 0 saturated carbocycles. The summed E-state index contributed by atoms with van der Waals surface area (Å²) < 4.78 is 0. The number of carbonyl (C=O) groups is 2. The lowest BCUT2D eigenvalue weighted by Gasteiger charge is -2.31. The third-order valence-corrected chi connectivity index (χ3v) is 7.13. The lowest BCUT2D eigenvalue weighted by atomic mass is 9.97. The molecule has 4 aromatic rings. The van der Waals surface area contributed by atoms with Crippen LogP contribution in [0.4, 0.5) is 16.5 Å². The second kappa shape index (κ2) is 9.84. The molecule has 178 valence electrons. The second-order valence-corrected chi connectivity index (χ2v) is 9.97. The maximum absolute atomic E-state index is 13.1. The van der Waals surface area contributed by atoms with E-state index in [-0.39, 0.29) is 17.7 Å². The average Bonchev–Trinajstić information content (AvgIpc) is 3.28. The van der Waals surface area contributed by atoms with Crippen molar-refractivity contribution in [3.8, 4) is 0 Å². The van der Waals surface area contributed by atoms with Gasteiger partial charge in [0.2, 0.25) is 5.91 Å². The van der Waals surface area contributed by atoms with E-state index < -0.39 is 0 Å². The summed E-state index contributed by atoms with van der Waals surface area (Å²) in [6, 6.07) is 16.8. The molecule has 2 aromatic carbocycles. The topological polar surface area (TPSA) is 87.2 Å². The first-order valence-electron chi connectivity index (χ1n) is 11.7. The summed E-state index contributed by atoms with van der Waals surface area (Å²) in [5, 5.41) is 6.87. The van der Waals surface area contributed by atoms with Gasteiger partial charge < -0.3 is 15.5 Å². The van der Waals surface area contributed by atoms with Gasteiger partial charge in [-0.3, -0.25) is 9.59 Å². The minimum absolute atomic E-state index is 0.0409. The molecule has 8 heteroatoms. The Balaban J connectivity index is 1.24. The monoisotopic (exact) mass is 485 g/mol. The van der Waals surface area contributed by atoms with E-state index >= 15 is 0 Å². The zero-order chi connectivity index (χ0) is 24.4.